The molecule has 6 aliphatic rings. The summed E-state index contributed by atoms with van der Waals surface area (Å²) >= 11 is 0. The van der Waals surface area contributed by atoms with Gasteiger partial charge in [-0.3, -0.25) is 14.5 Å². The lowest BCUT2D eigenvalue weighted by atomic mass is 9.33. The molecule has 1 saturated heterocycles. The largest absolute Gasteiger partial charge is 0.352 e. The molecule has 5 aliphatic carbocycles. The van der Waals surface area contributed by atoms with Crippen molar-refractivity contribution in [2.24, 2.45) is 50.7 Å². The molecule has 1 aliphatic heterocycles. The standard InChI is InChI=1S/C37H61N3O2/c1-24(2)31-26(41)22-34(5)16-17-36(7)25(32(31)34)10-11-28-35(6)14-13-29(33(3,4)27(35)12-15-37(28,36)8)38-30(42)23-40-20-18-39(9)19-21-40/h24-25,27-29H,10-23H2,1-9H3,(H,38,42)/t25-,27+,28-,29?,34+,35+,36-,37-/m1/s1. The van der Waals surface area contributed by atoms with Crippen molar-refractivity contribution < 1.29 is 9.59 Å². The number of ketones is 1. The van der Waals surface area contributed by atoms with E-state index in [0.29, 0.717) is 41.4 Å². The molecule has 4 saturated carbocycles. The summed E-state index contributed by atoms with van der Waals surface area (Å²) in [5.41, 5.74) is 3.82. The van der Waals surface area contributed by atoms with Crippen LogP contribution in [-0.2, 0) is 9.59 Å². The molecule has 42 heavy (non-hydrogen) atoms. The fourth-order valence-electron chi connectivity index (χ4n) is 12.6. The number of allylic oxidation sites excluding steroid dienone is 2. The number of hydrogen-bond acceptors (Lipinski definition) is 4. The van der Waals surface area contributed by atoms with Crippen LogP contribution in [0.5, 0.6) is 0 Å². The predicted octanol–water partition coefficient (Wildman–Crippen LogP) is 6.72. The zero-order valence-corrected chi connectivity index (χ0v) is 28.5. The molecule has 6 rings (SSSR count). The topological polar surface area (TPSA) is 52.7 Å². The minimum absolute atomic E-state index is 0.0835. The molecule has 1 amide bonds. The second kappa shape index (κ2) is 10.2. The van der Waals surface area contributed by atoms with Gasteiger partial charge in [0.25, 0.3) is 0 Å². The van der Waals surface area contributed by atoms with Crippen LogP contribution < -0.4 is 5.32 Å². The average Bonchev–Trinajstić information content (AvgIpc) is 3.18. The molecule has 0 aromatic heterocycles. The summed E-state index contributed by atoms with van der Waals surface area (Å²) in [5, 5.41) is 3.57. The summed E-state index contributed by atoms with van der Waals surface area (Å²) in [6.45, 7) is 24.5. The maximum absolute atomic E-state index is 13.4. The highest BCUT2D eigenvalue weighted by Gasteiger charge is 2.69. The van der Waals surface area contributed by atoms with Gasteiger partial charge in [0.05, 0.1) is 6.54 Å². The summed E-state index contributed by atoms with van der Waals surface area (Å²) in [7, 11) is 2.17. The quantitative estimate of drug-likeness (QED) is 0.402. The summed E-state index contributed by atoms with van der Waals surface area (Å²) in [5.74, 6) is 2.89. The van der Waals surface area contributed by atoms with Crippen molar-refractivity contribution in [1.82, 2.24) is 15.1 Å². The first kappa shape index (κ1) is 30.8. The zero-order valence-electron chi connectivity index (χ0n) is 28.5. The van der Waals surface area contributed by atoms with Crippen LogP contribution in [0.25, 0.3) is 0 Å². The van der Waals surface area contributed by atoms with Crippen LogP contribution in [-0.4, -0.2) is 67.3 Å². The number of nitrogens with one attached hydrogen (secondary N) is 1. The highest BCUT2D eigenvalue weighted by molar-refractivity contribution is 6.00. The summed E-state index contributed by atoms with van der Waals surface area (Å²) in [6.07, 6.45) is 10.6. The Morgan fingerprint density at radius 1 is 0.857 bits per heavy atom. The Kier molecular flexibility index (Phi) is 7.45. The van der Waals surface area contributed by atoms with Crippen molar-refractivity contribution in [1.29, 1.82) is 0 Å². The van der Waals surface area contributed by atoms with Gasteiger partial charge in [0.15, 0.2) is 5.78 Å². The molecular formula is C37H61N3O2. The van der Waals surface area contributed by atoms with Gasteiger partial charge in [-0.25, -0.2) is 0 Å². The first-order valence-corrected chi connectivity index (χ1v) is 17.5. The molecule has 5 fully saturated rings. The molecule has 8 atom stereocenters. The van der Waals surface area contributed by atoms with E-state index >= 15 is 0 Å². The van der Waals surface area contributed by atoms with Crippen LogP contribution in [0, 0.1) is 50.7 Å². The van der Waals surface area contributed by atoms with Crippen LogP contribution in [0.1, 0.15) is 113 Å². The molecule has 0 aromatic rings. The number of rotatable bonds is 4. The van der Waals surface area contributed by atoms with E-state index in [9.17, 15) is 9.59 Å². The Balaban J connectivity index is 1.24. The molecule has 5 nitrogen and oxygen atoms in total. The van der Waals surface area contributed by atoms with E-state index in [2.05, 4.69) is 77.6 Å². The maximum Gasteiger partial charge on any atom is 0.234 e. The Morgan fingerprint density at radius 3 is 2.21 bits per heavy atom. The molecule has 5 heteroatoms. The van der Waals surface area contributed by atoms with Crippen molar-refractivity contribution in [3.8, 4) is 0 Å². The van der Waals surface area contributed by atoms with E-state index in [0.717, 1.165) is 39.0 Å². The number of nitrogens with zero attached hydrogens (tertiary/aromatic N) is 2. The van der Waals surface area contributed by atoms with Crippen molar-refractivity contribution in [3.63, 3.8) is 0 Å². The monoisotopic (exact) mass is 579 g/mol. The van der Waals surface area contributed by atoms with E-state index in [1.165, 1.54) is 50.5 Å². The highest BCUT2D eigenvalue weighted by atomic mass is 16.2. The summed E-state index contributed by atoms with van der Waals surface area (Å²) in [6, 6.07) is 0.255. The van der Waals surface area contributed by atoms with Crippen LogP contribution in [0.2, 0.25) is 0 Å². The van der Waals surface area contributed by atoms with E-state index < -0.39 is 0 Å². The molecule has 0 bridgehead atoms. The first-order chi connectivity index (χ1) is 19.6. The number of hydrogen-bond donors (Lipinski definition) is 1. The van der Waals surface area contributed by atoms with E-state index in [1.54, 1.807) is 5.57 Å². The lowest BCUT2D eigenvalue weighted by Crippen LogP contribution is -2.67. The number of piperazine rings is 1. The van der Waals surface area contributed by atoms with E-state index in [-0.39, 0.29) is 33.6 Å². The molecule has 0 spiro atoms. The molecule has 1 N–H and O–H groups in total. The van der Waals surface area contributed by atoms with Crippen LogP contribution >= 0.6 is 0 Å². The second-order valence-corrected chi connectivity index (χ2v) is 17.8. The number of amides is 1. The summed E-state index contributed by atoms with van der Waals surface area (Å²) < 4.78 is 0. The number of Topliss-reactive ketones (excluding diaryl/α,β-unsaturated/α-hetero) is 1. The fourth-order valence-corrected chi connectivity index (χ4v) is 12.6. The van der Waals surface area contributed by atoms with Crippen molar-refractivity contribution in [3.05, 3.63) is 11.1 Å². The van der Waals surface area contributed by atoms with Gasteiger partial charge in [-0.1, -0.05) is 61.0 Å². The van der Waals surface area contributed by atoms with Crippen LogP contribution in [0.3, 0.4) is 0 Å². The minimum atomic E-state index is 0.0835. The van der Waals surface area contributed by atoms with Crippen LogP contribution in [0.15, 0.2) is 11.1 Å². The van der Waals surface area contributed by atoms with Gasteiger partial charge in [-0.15, -0.1) is 0 Å². The average molecular weight is 580 g/mol. The zero-order chi connectivity index (χ0) is 30.5. The second-order valence-electron chi connectivity index (χ2n) is 17.8. The molecular weight excluding hydrogens is 518 g/mol. The smallest absolute Gasteiger partial charge is 0.234 e. The number of likely N-dealkylation sites (N-methyl/N-ethyl adjacent to an activating group) is 1. The molecule has 1 unspecified atom stereocenters. The number of carbonyl (C=O) groups excluding carboxylic acids is 2. The third-order valence-electron chi connectivity index (χ3n) is 15.1. The molecule has 0 radical (unpaired) electrons. The number of carbonyl (C=O) groups is 2. The Morgan fingerprint density at radius 2 is 1.55 bits per heavy atom. The van der Waals surface area contributed by atoms with Crippen molar-refractivity contribution in [2.45, 2.75) is 119 Å². The lowest BCUT2D eigenvalue weighted by Gasteiger charge is -2.72. The highest BCUT2D eigenvalue weighted by Crippen LogP contribution is 2.76. The number of fused-ring (bicyclic) bond motifs is 7. The third-order valence-corrected chi connectivity index (χ3v) is 15.1. The first-order valence-electron chi connectivity index (χ1n) is 17.5. The normalized spacial score (nSPS) is 45.7. The van der Waals surface area contributed by atoms with E-state index in [1.807, 2.05) is 0 Å². The van der Waals surface area contributed by atoms with Gasteiger partial charge in [-0.05, 0) is 115 Å². The Labute approximate surface area is 257 Å². The van der Waals surface area contributed by atoms with Crippen LogP contribution in [0.4, 0.5) is 0 Å². The summed E-state index contributed by atoms with van der Waals surface area (Å²) in [4.78, 5) is 31.3. The molecule has 1 heterocycles. The van der Waals surface area contributed by atoms with Gasteiger partial charge < -0.3 is 10.2 Å². The lowest BCUT2D eigenvalue weighted by molar-refractivity contribution is -0.216. The van der Waals surface area contributed by atoms with Gasteiger partial charge in [-0.2, -0.15) is 0 Å². The molecule has 0 aromatic carbocycles. The minimum Gasteiger partial charge on any atom is -0.352 e. The van der Waals surface area contributed by atoms with Gasteiger partial charge in [0.2, 0.25) is 5.91 Å². The Hall–Kier alpha value is -1.20. The fraction of sp³-hybridized carbons (Fsp3) is 0.892. The van der Waals surface area contributed by atoms with Crippen molar-refractivity contribution >= 4 is 11.7 Å². The third kappa shape index (κ3) is 4.36. The Bertz CT molecular complexity index is 1150. The maximum atomic E-state index is 13.4. The van der Waals surface area contributed by atoms with Gasteiger partial charge in [0, 0.05) is 38.6 Å². The molecule has 236 valence electrons. The van der Waals surface area contributed by atoms with Gasteiger partial charge >= 0.3 is 0 Å². The predicted molar refractivity (Wildman–Crippen MR) is 171 cm³/mol. The van der Waals surface area contributed by atoms with Gasteiger partial charge in [0.1, 0.15) is 0 Å². The SMILES string of the molecule is CC(C)C1=C2[C@H]3CC[C@@H]4[C@@]5(C)CCC(NC(=O)CN6CCN(C)CC6)C(C)(C)[C@@H]5CC[C@@]4(C)[C@]3(C)CC[C@@]2(C)CC1=O. The van der Waals surface area contributed by atoms with E-state index in [4.69, 9.17) is 0 Å². The van der Waals surface area contributed by atoms with Crippen molar-refractivity contribution in [2.75, 3.05) is 39.8 Å².